The number of esters is 1. The van der Waals surface area contributed by atoms with Gasteiger partial charge >= 0.3 is 5.97 Å². The zero-order chi connectivity index (χ0) is 11.5. The van der Waals surface area contributed by atoms with Crippen LogP contribution in [0.25, 0.3) is 0 Å². The number of rotatable bonds is 6. The molecule has 1 rings (SSSR count). The van der Waals surface area contributed by atoms with E-state index in [0.717, 1.165) is 6.54 Å². The summed E-state index contributed by atoms with van der Waals surface area (Å²) >= 11 is 0. The van der Waals surface area contributed by atoms with Gasteiger partial charge in [-0.3, -0.25) is 10.1 Å². The summed E-state index contributed by atoms with van der Waals surface area (Å²) in [5.74, 6) is -0.172. The lowest BCUT2D eigenvalue weighted by Crippen LogP contribution is -2.57. The lowest BCUT2D eigenvalue weighted by Gasteiger charge is -2.32. The number of hydrogen-bond acceptors (Lipinski definition) is 4. The number of carbonyl (C=O) groups excluding carboxylic acids is 1. The van der Waals surface area contributed by atoms with Crippen molar-refractivity contribution in [3.63, 3.8) is 0 Å². The average Bonchev–Trinajstić information content (AvgIpc) is 2.99. The number of likely N-dealkylation sites (N-methyl/N-ethyl adjacent to an activating group) is 1. The highest BCUT2D eigenvalue weighted by Gasteiger charge is 2.39. The quantitative estimate of drug-likeness (QED) is 0.658. The topological polar surface area (TPSA) is 41.6 Å². The Morgan fingerprint density at radius 1 is 1.60 bits per heavy atom. The van der Waals surface area contributed by atoms with Crippen molar-refractivity contribution in [3.05, 3.63) is 0 Å². The van der Waals surface area contributed by atoms with Crippen molar-refractivity contribution < 1.29 is 9.53 Å². The largest absolute Gasteiger partial charge is 0.468 e. The minimum atomic E-state index is -0.569. The highest BCUT2D eigenvalue weighted by Crippen LogP contribution is 2.23. The second-order valence-corrected chi connectivity index (χ2v) is 4.57. The fourth-order valence-corrected chi connectivity index (χ4v) is 1.72. The highest BCUT2D eigenvalue weighted by molar-refractivity contribution is 5.80. The smallest absolute Gasteiger partial charge is 0.327 e. The van der Waals surface area contributed by atoms with Gasteiger partial charge in [-0.1, -0.05) is 6.92 Å². The van der Waals surface area contributed by atoms with Crippen molar-refractivity contribution in [2.75, 3.05) is 27.2 Å². The van der Waals surface area contributed by atoms with E-state index >= 15 is 0 Å². The SMILES string of the molecule is CCN(C)CC(C)(NC1CC1)C(=O)OC. The zero-order valence-electron chi connectivity index (χ0n) is 10.2. The average molecular weight is 214 g/mol. The van der Waals surface area contributed by atoms with Gasteiger partial charge in [0.2, 0.25) is 0 Å². The summed E-state index contributed by atoms with van der Waals surface area (Å²) in [4.78, 5) is 13.9. The minimum Gasteiger partial charge on any atom is -0.468 e. The van der Waals surface area contributed by atoms with Gasteiger partial charge in [-0.2, -0.15) is 0 Å². The molecule has 88 valence electrons. The molecule has 0 aromatic carbocycles. The van der Waals surface area contributed by atoms with E-state index in [0.29, 0.717) is 12.6 Å². The number of nitrogens with zero attached hydrogens (tertiary/aromatic N) is 1. The van der Waals surface area contributed by atoms with Crippen LogP contribution in [-0.4, -0.2) is 49.7 Å². The first-order valence-corrected chi connectivity index (χ1v) is 5.56. The van der Waals surface area contributed by atoms with E-state index in [2.05, 4.69) is 17.1 Å². The molecular weight excluding hydrogens is 192 g/mol. The molecule has 1 saturated carbocycles. The molecule has 0 aromatic rings. The summed E-state index contributed by atoms with van der Waals surface area (Å²) in [5, 5.41) is 3.37. The van der Waals surface area contributed by atoms with Crippen molar-refractivity contribution in [2.45, 2.75) is 38.3 Å². The van der Waals surface area contributed by atoms with Gasteiger partial charge in [0.25, 0.3) is 0 Å². The first-order chi connectivity index (χ1) is 7.01. The third kappa shape index (κ3) is 3.47. The third-order valence-electron chi connectivity index (χ3n) is 2.86. The van der Waals surface area contributed by atoms with Crippen LogP contribution < -0.4 is 5.32 Å². The summed E-state index contributed by atoms with van der Waals surface area (Å²) in [6, 6.07) is 0.499. The lowest BCUT2D eigenvalue weighted by molar-refractivity contribution is -0.148. The summed E-state index contributed by atoms with van der Waals surface area (Å²) in [6.45, 7) is 5.61. The molecule has 1 atom stereocenters. The van der Waals surface area contributed by atoms with Crippen molar-refractivity contribution >= 4 is 5.97 Å². The first-order valence-electron chi connectivity index (χ1n) is 5.56. The van der Waals surface area contributed by atoms with Gasteiger partial charge in [-0.25, -0.2) is 0 Å². The number of carbonyl (C=O) groups is 1. The Labute approximate surface area is 92.0 Å². The first kappa shape index (κ1) is 12.5. The van der Waals surface area contributed by atoms with Gasteiger partial charge in [0.1, 0.15) is 5.54 Å². The predicted octanol–water partition coefficient (Wildman–Crippen LogP) is 0.622. The molecule has 0 saturated heterocycles. The molecule has 0 radical (unpaired) electrons. The fraction of sp³-hybridized carbons (Fsp3) is 0.909. The molecule has 0 bridgehead atoms. The van der Waals surface area contributed by atoms with Gasteiger partial charge in [0, 0.05) is 12.6 Å². The molecule has 0 heterocycles. The maximum atomic E-state index is 11.7. The van der Waals surface area contributed by atoms with Crippen LogP contribution >= 0.6 is 0 Å². The van der Waals surface area contributed by atoms with Crippen LogP contribution in [0, 0.1) is 0 Å². The molecule has 1 aliphatic rings. The molecule has 1 aliphatic carbocycles. The van der Waals surface area contributed by atoms with Crippen LogP contribution in [-0.2, 0) is 9.53 Å². The summed E-state index contributed by atoms with van der Waals surface area (Å²) in [7, 11) is 3.46. The maximum absolute atomic E-state index is 11.7. The summed E-state index contributed by atoms with van der Waals surface area (Å²) in [5.41, 5.74) is -0.569. The Bertz CT molecular complexity index is 229. The van der Waals surface area contributed by atoms with Crippen molar-refractivity contribution in [3.8, 4) is 0 Å². The van der Waals surface area contributed by atoms with E-state index in [9.17, 15) is 4.79 Å². The number of nitrogens with one attached hydrogen (secondary N) is 1. The fourth-order valence-electron chi connectivity index (χ4n) is 1.72. The van der Waals surface area contributed by atoms with Crippen LogP contribution in [0.15, 0.2) is 0 Å². The second-order valence-electron chi connectivity index (χ2n) is 4.57. The van der Waals surface area contributed by atoms with E-state index < -0.39 is 5.54 Å². The van der Waals surface area contributed by atoms with Gasteiger partial charge < -0.3 is 9.64 Å². The lowest BCUT2D eigenvalue weighted by atomic mass is 10.0. The third-order valence-corrected chi connectivity index (χ3v) is 2.86. The van der Waals surface area contributed by atoms with Crippen LogP contribution in [0.3, 0.4) is 0 Å². The van der Waals surface area contributed by atoms with Crippen LogP contribution in [0.2, 0.25) is 0 Å². The number of methoxy groups -OCH3 is 1. The van der Waals surface area contributed by atoms with Gasteiger partial charge in [0.05, 0.1) is 7.11 Å². The highest BCUT2D eigenvalue weighted by atomic mass is 16.5. The van der Waals surface area contributed by atoms with Crippen molar-refractivity contribution in [1.82, 2.24) is 10.2 Å². The Balaban J connectivity index is 2.60. The normalized spacial score (nSPS) is 20.1. The molecule has 1 fully saturated rings. The minimum absolute atomic E-state index is 0.172. The Kier molecular flexibility index (Phi) is 4.11. The Morgan fingerprint density at radius 2 is 2.20 bits per heavy atom. The van der Waals surface area contributed by atoms with Crippen LogP contribution in [0.5, 0.6) is 0 Å². The Hall–Kier alpha value is -0.610. The maximum Gasteiger partial charge on any atom is 0.327 e. The number of hydrogen-bond donors (Lipinski definition) is 1. The van der Waals surface area contributed by atoms with Crippen molar-refractivity contribution in [2.24, 2.45) is 0 Å². The molecule has 4 heteroatoms. The zero-order valence-corrected chi connectivity index (χ0v) is 10.2. The van der Waals surface area contributed by atoms with E-state index in [1.54, 1.807) is 0 Å². The molecule has 0 amide bonds. The molecule has 0 spiro atoms. The Morgan fingerprint density at radius 3 is 2.60 bits per heavy atom. The van der Waals surface area contributed by atoms with Gasteiger partial charge in [-0.15, -0.1) is 0 Å². The molecule has 15 heavy (non-hydrogen) atoms. The molecule has 1 N–H and O–H groups in total. The molecular formula is C11H22N2O2. The second kappa shape index (κ2) is 4.94. The molecule has 1 unspecified atom stereocenters. The van der Waals surface area contributed by atoms with E-state index in [1.165, 1.54) is 20.0 Å². The molecule has 4 nitrogen and oxygen atoms in total. The predicted molar refractivity (Wildman–Crippen MR) is 59.7 cm³/mol. The van der Waals surface area contributed by atoms with Gasteiger partial charge in [-0.05, 0) is 33.4 Å². The van der Waals surface area contributed by atoms with E-state index in [4.69, 9.17) is 4.74 Å². The van der Waals surface area contributed by atoms with Gasteiger partial charge in [0.15, 0.2) is 0 Å². The van der Waals surface area contributed by atoms with Crippen LogP contribution in [0.4, 0.5) is 0 Å². The molecule has 0 aromatic heterocycles. The summed E-state index contributed by atoms with van der Waals surface area (Å²) in [6.07, 6.45) is 2.34. The van der Waals surface area contributed by atoms with E-state index in [1.807, 2.05) is 14.0 Å². The monoisotopic (exact) mass is 214 g/mol. The van der Waals surface area contributed by atoms with Crippen LogP contribution in [0.1, 0.15) is 26.7 Å². The summed E-state index contributed by atoms with van der Waals surface area (Å²) < 4.78 is 4.86. The van der Waals surface area contributed by atoms with Crippen molar-refractivity contribution in [1.29, 1.82) is 0 Å². The number of ether oxygens (including phenoxy) is 1. The van der Waals surface area contributed by atoms with E-state index in [-0.39, 0.29) is 5.97 Å². The molecule has 0 aliphatic heterocycles. The standard InChI is InChI=1S/C11H22N2O2/c1-5-13(3)8-11(2,10(14)15-4)12-9-6-7-9/h9,12H,5-8H2,1-4H3.